The molecule has 0 aliphatic carbocycles. The van der Waals surface area contributed by atoms with Crippen molar-refractivity contribution in [2.45, 2.75) is 32.9 Å². The van der Waals surface area contributed by atoms with E-state index in [4.69, 9.17) is 0 Å². The van der Waals surface area contributed by atoms with Gasteiger partial charge in [-0.3, -0.25) is 14.4 Å². The molecule has 0 spiro atoms. The topological polar surface area (TPSA) is 72.1 Å². The summed E-state index contributed by atoms with van der Waals surface area (Å²) in [6.45, 7) is 8.40. The zero-order valence-electron chi connectivity index (χ0n) is 15.2. The number of hydrogen-bond donors (Lipinski definition) is 0. The van der Waals surface area contributed by atoms with Gasteiger partial charge in [-0.05, 0) is 12.3 Å². The maximum atomic E-state index is 13.1. The molecule has 0 saturated carbocycles. The normalized spacial score (nSPS) is 17.7. The Labute approximate surface area is 148 Å². The Balaban J connectivity index is 1.62. The second-order valence-electron chi connectivity index (χ2n) is 7.04. The van der Waals surface area contributed by atoms with Crippen molar-refractivity contribution in [3.63, 3.8) is 0 Å². The Bertz CT molecular complexity index is 679. The van der Waals surface area contributed by atoms with Gasteiger partial charge in [0.2, 0.25) is 5.91 Å². The zero-order valence-corrected chi connectivity index (χ0v) is 15.2. The summed E-state index contributed by atoms with van der Waals surface area (Å²) in [6.07, 6.45) is 8.06. The van der Waals surface area contributed by atoms with Crippen LogP contribution < -0.4 is 0 Å². The third kappa shape index (κ3) is 4.25. The molecule has 0 N–H and O–H groups in total. The number of rotatable bonds is 5. The third-order valence-corrected chi connectivity index (χ3v) is 4.67. The summed E-state index contributed by atoms with van der Waals surface area (Å²) in [6, 6.07) is -0.285. The van der Waals surface area contributed by atoms with Crippen LogP contribution in [0.15, 0.2) is 25.0 Å². The minimum Gasteiger partial charge on any atom is -0.340 e. The SMILES string of the molecule is CC(C)[C@@H](C(=O)N1CCCN(Cc2cnn(C)c2)CC1)n1cncn1. The molecule has 25 heavy (non-hydrogen) atoms. The molecule has 1 aliphatic rings. The standard InChI is InChI=1S/C17H27N7O/c1-14(2)16(24-13-18-12-20-24)17(25)23-6-4-5-22(7-8-23)11-15-9-19-21(3)10-15/h9-10,12-14,16H,4-8,11H2,1-3H3/t16-/m0/s1. The van der Waals surface area contributed by atoms with E-state index in [0.29, 0.717) is 0 Å². The number of nitrogens with zero attached hydrogens (tertiary/aromatic N) is 7. The predicted molar refractivity (Wildman–Crippen MR) is 93.6 cm³/mol. The van der Waals surface area contributed by atoms with E-state index in [-0.39, 0.29) is 17.9 Å². The lowest BCUT2D eigenvalue weighted by molar-refractivity contribution is -0.136. The Kier molecular flexibility index (Phi) is 5.47. The van der Waals surface area contributed by atoms with Crippen LogP contribution in [0.4, 0.5) is 0 Å². The first-order valence-corrected chi connectivity index (χ1v) is 8.87. The van der Waals surface area contributed by atoms with Crippen molar-refractivity contribution < 1.29 is 4.79 Å². The molecule has 1 atom stereocenters. The van der Waals surface area contributed by atoms with Crippen molar-refractivity contribution in [2.75, 3.05) is 26.2 Å². The van der Waals surface area contributed by atoms with E-state index in [0.717, 1.165) is 39.1 Å². The lowest BCUT2D eigenvalue weighted by Gasteiger charge is -2.28. The van der Waals surface area contributed by atoms with Gasteiger partial charge in [0.15, 0.2) is 0 Å². The van der Waals surface area contributed by atoms with Crippen molar-refractivity contribution >= 4 is 5.91 Å². The van der Waals surface area contributed by atoms with Crippen molar-refractivity contribution in [3.8, 4) is 0 Å². The smallest absolute Gasteiger partial charge is 0.247 e. The summed E-state index contributed by atoms with van der Waals surface area (Å²) >= 11 is 0. The van der Waals surface area contributed by atoms with Gasteiger partial charge in [-0.2, -0.15) is 10.2 Å². The van der Waals surface area contributed by atoms with Crippen molar-refractivity contribution in [1.82, 2.24) is 34.3 Å². The molecule has 2 aromatic rings. The molecule has 3 rings (SSSR count). The van der Waals surface area contributed by atoms with Crippen molar-refractivity contribution in [2.24, 2.45) is 13.0 Å². The summed E-state index contributed by atoms with van der Waals surface area (Å²) in [5, 5.41) is 8.42. The van der Waals surface area contributed by atoms with Gasteiger partial charge in [-0.25, -0.2) is 9.67 Å². The van der Waals surface area contributed by atoms with Gasteiger partial charge < -0.3 is 4.90 Å². The van der Waals surface area contributed by atoms with E-state index in [1.54, 1.807) is 11.0 Å². The number of hydrogen-bond acceptors (Lipinski definition) is 5. The number of amides is 1. The van der Waals surface area contributed by atoms with Crippen LogP contribution in [0.3, 0.4) is 0 Å². The first-order chi connectivity index (χ1) is 12.0. The molecule has 1 saturated heterocycles. The fourth-order valence-electron chi connectivity index (χ4n) is 3.41. The average Bonchev–Trinajstić information content (AvgIpc) is 3.16. The van der Waals surface area contributed by atoms with E-state index in [1.165, 1.54) is 11.9 Å². The summed E-state index contributed by atoms with van der Waals surface area (Å²) in [5.41, 5.74) is 1.21. The van der Waals surface area contributed by atoms with Gasteiger partial charge in [0.1, 0.15) is 18.7 Å². The van der Waals surface area contributed by atoms with Crippen LogP contribution in [0.5, 0.6) is 0 Å². The molecule has 1 aliphatic heterocycles. The lowest BCUT2D eigenvalue weighted by Crippen LogP contribution is -2.41. The van der Waals surface area contributed by atoms with Crippen LogP contribution in [-0.4, -0.2) is 66.4 Å². The number of aromatic nitrogens is 5. The number of aryl methyl sites for hydroxylation is 1. The van der Waals surface area contributed by atoms with Crippen LogP contribution in [-0.2, 0) is 18.4 Å². The molecule has 0 bridgehead atoms. The first-order valence-electron chi connectivity index (χ1n) is 8.87. The molecule has 0 radical (unpaired) electrons. The average molecular weight is 345 g/mol. The highest BCUT2D eigenvalue weighted by molar-refractivity contribution is 5.80. The van der Waals surface area contributed by atoms with E-state index in [1.807, 2.05) is 29.0 Å². The highest BCUT2D eigenvalue weighted by Crippen LogP contribution is 2.20. The molecular weight excluding hydrogens is 318 g/mol. The maximum Gasteiger partial charge on any atom is 0.247 e. The third-order valence-electron chi connectivity index (χ3n) is 4.67. The maximum absolute atomic E-state index is 13.1. The van der Waals surface area contributed by atoms with Crippen LogP contribution >= 0.6 is 0 Å². The van der Waals surface area contributed by atoms with Crippen LogP contribution in [0.2, 0.25) is 0 Å². The summed E-state index contributed by atoms with van der Waals surface area (Å²) in [4.78, 5) is 21.4. The Morgan fingerprint density at radius 3 is 2.68 bits per heavy atom. The highest BCUT2D eigenvalue weighted by atomic mass is 16.2. The van der Waals surface area contributed by atoms with Gasteiger partial charge in [0.25, 0.3) is 0 Å². The first kappa shape index (κ1) is 17.6. The molecule has 8 nitrogen and oxygen atoms in total. The van der Waals surface area contributed by atoms with Crippen LogP contribution in [0.1, 0.15) is 31.9 Å². The largest absolute Gasteiger partial charge is 0.340 e. The quantitative estimate of drug-likeness (QED) is 0.807. The number of carbonyl (C=O) groups excluding carboxylic acids is 1. The fraction of sp³-hybridized carbons (Fsp3) is 0.647. The Morgan fingerprint density at radius 1 is 1.20 bits per heavy atom. The summed E-state index contributed by atoms with van der Waals surface area (Å²) in [7, 11) is 1.93. The Hall–Kier alpha value is -2.22. The summed E-state index contributed by atoms with van der Waals surface area (Å²) < 4.78 is 3.51. The van der Waals surface area contributed by atoms with Gasteiger partial charge in [0.05, 0.1) is 6.20 Å². The molecule has 1 amide bonds. The van der Waals surface area contributed by atoms with Crippen molar-refractivity contribution in [3.05, 3.63) is 30.6 Å². The molecule has 1 fully saturated rings. The molecule has 0 unspecified atom stereocenters. The molecular formula is C17H27N7O. The predicted octanol–water partition coefficient (Wildman–Crippen LogP) is 0.943. The second-order valence-corrected chi connectivity index (χ2v) is 7.04. The molecule has 8 heteroatoms. The zero-order chi connectivity index (χ0) is 17.8. The van der Waals surface area contributed by atoms with Gasteiger partial charge in [-0.1, -0.05) is 13.8 Å². The van der Waals surface area contributed by atoms with Crippen LogP contribution in [0.25, 0.3) is 0 Å². The highest BCUT2D eigenvalue weighted by Gasteiger charge is 2.30. The minimum atomic E-state index is -0.285. The molecule has 0 aromatic carbocycles. The van der Waals surface area contributed by atoms with E-state index in [9.17, 15) is 4.79 Å². The van der Waals surface area contributed by atoms with Crippen molar-refractivity contribution in [1.29, 1.82) is 0 Å². The van der Waals surface area contributed by atoms with E-state index in [2.05, 4.69) is 33.9 Å². The molecule has 3 heterocycles. The molecule has 136 valence electrons. The fourth-order valence-corrected chi connectivity index (χ4v) is 3.41. The van der Waals surface area contributed by atoms with Gasteiger partial charge in [0, 0.05) is 51.5 Å². The van der Waals surface area contributed by atoms with Crippen LogP contribution in [0, 0.1) is 5.92 Å². The van der Waals surface area contributed by atoms with E-state index < -0.39 is 0 Å². The minimum absolute atomic E-state index is 0.142. The van der Waals surface area contributed by atoms with Gasteiger partial charge in [-0.15, -0.1) is 0 Å². The van der Waals surface area contributed by atoms with E-state index >= 15 is 0 Å². The number of carbonyl (C=O) groups is 1. The Morgan fingerprint density at radius 2 is 2.04 bits per heavy atom. The monoisotopic (exact) mass is 345 g/mol. The van der Waals surface area contributed by atoms with Gasteiger partial charge >= 0.3 is 0 Å². The second kappa shape index (κ2) is 7.77. The lowest BCUT2D eigenvalue weighted by atomic mass is 10.0. The summed E-state index contributed by atoms with van der Waals surface area (Å²) in [5.74, 6) is 0.313. The molecule has 2 aromatic heterocycles.